The molecule has 18 heavy (non-hydrogen) atoms. The van der Waals surface area contributed by atoms with Gasteiger partial charge in [-0.1, -0.05) is 13.3 Å². The molecular weight excluding hydrogens is 228 g/mol. The number of nitrogens with zero attached hydrogens (tertiary/aromatic N) is 2. The number of aliphatic hydroxyl groups excluding tert-OH is 1. The molecule has 0 radical (unpaired) electrons. The summed E-state index contributed by atoms with van der Waals surface area (Å²) in [6.45, 7) is 6.44. The largest absolute Gasteiger partial charge is 0.389 e. The number of rotatable bonds is 8. The maximum absolute atomic E-state index is 9.92. The van der Waals surface area contributed by atoms with Crippen LogP contribution >= 0.6 is 0 Å². The average Bonchev–Trinajstić information content (AvgIpc) is 2.35. The lowest BCUT2D eigenvalue weighted by Gasteiger charge is -2.35. The lowest BCUT2D eigenvalue weighted by molar-refractivity contribution is 0.00804. The van der Waals surface area contributed by atoms with Gasteiger partial charge in [-0.25, -0.2) is 0 Å². The van der Waals surface area contributed by atoms with E-state index < -0.39 is 0 Å². The van der Waals surface area contributed by atoms with Crippen LogP contribution in [0, 0.1) is 0 Å². The summed E-state index contributed by atoms with van der Waals surface area (Å²) in [6, 6.07) is 0.617. The summed E-state index contributed by atoms with van der Waals surface area (Å²) in [5.74, 6) is 0. The van der Waals surface area contributed by atoms with Crippen LogP contribution in [0.3, 0.4) is 0 Å². The number of piperidine rings is 1. The van der Waals surface area contributed by atoms with Gasteiger partial charge in [0.25, 0.3) is 0 Å². The van der Waals surface area contributed by atoms with Gasteiger partial charge in [-0.3, -0.25) is 0 Å². The Bertz CT molecular complexity index is 206. The smallest absolute Gasteiger partial charge is 0.0900 e. The normalized spacial score (nSPS) is 20.5. The molecule has 0 amide bonds. The lowest BCUT2D eigenvalue weighted by Crippen LogP contribution is -2.45. The molecular formula is C14H30N2O2. The summed E-state index contributed by atoms with van der Waals surface area (Å²) in [5.41, 5.74) is 0. The first-order valence-electron chi connectivity index (χ1n) is 7.28. The first-order valence-corrected chi connectivity index (χ1v) is 7.28. The zero-order valence-corrected chi connectivity index (χ0v) is 12.3. The molecule has 1 rings (SSSR count). The molecule has 4 heteroatoms. The van der Waals surface area contributed by atoms with Crippen LogP contribution in [-0.2, 0) is 4.74 Å². The Morgan fingerprint density at radius 1 is 1.39 bits per heavy atom. The van der Waals surface area contributed by atoms with E-state index in [0.717, 1.165) is 39.1 Å². The van der Waals surface area contributed by atoms with Gasteiger partial charge in [0.15, 0.2) is 0 Å². The molecule has 1 saturated heterocycles. The number of likely N-dealkylation sites (tertiary alicyclic amines) is 1. The predicted molar refractivity (Wildman–Crippen MR) is 74.9 cm³/mol. The van der Waals surface area contributed by atoms with Crippen molar-refractivity contribution in [2.75, 3.05) is 46.9 Å². The summed E-state index contributed by atoms with van der Waals surface area (Å²) >= 11 is 0. The first-order chi connectivity index (χ1) is 8.63. The fraction of sp³-hybridized carbons (Fsp3) is 1.00. The molecule has 0 aliphatic carbocycles. The second-order valence-electron chi connectivity index (χ2n) is 5.56. The van der Waals surface area contributed by atoms with E-state index in [1.165, 1.54) is 12.8 Å². The highest BCUT2D eigenvalue weighted by atomic mass is 16.5. The third-order valence-electron chi connectivity index (χ3n) is 3.76. The third-order valence-corrected chi connectivity index (χ3v) is 3.76. The topological polar surface area (TPSA) is 35.9 Å². The Labute approximate surface area is 112 Å². The SMILES string of the molecule is CCCCOCC(O)CN(C)C1CCN(C)CC1. The highest BCUT2D eigenvalue weighted by Gasteiger charge is 2.21. The van der Waals surface area contributed by atoms with Crippen LogP contribution < -0.4 is 0 Å². The molecule has 1 unspecified atom stereocenters. The molecule has 108 valence electrons. The molecule has 1 atom stereocenters. The average molecular weight is 258 g/mol. The molecule has 1 heterocycles. The van der Waals surface area contributed by atoms with E-state index in [-0.39, 0.29) is 6.10 Å². The summed E-state index contributed by atoms with van der Waals surface area (Å²) in [4.78, 5) is 4.66. The van der Waals surface area contributed by atoms with Crippen molar-refractivity contribution in [1.82, 2.24) is 9.80 Å². The van der Waals surface area contributed by atoms with Crippen LogP contribution in [0.2, 0.25) is 0 Å². The van der Waals surface area contributed by atoms with Gasteiger partial charge in [0.2, 0.25) is 0 Å². The lowest BCUT2D eigenvalue weighted by atomic mass is 10.0. The molecule has 1 aliphatic rings. The number of aliphatic hydroxyl groups is 1. The fourth-order valence-electron chi connectivity index (χ4n) is 2.44. The van der Waals surface area contributed by atoms with Crippen molar-refractivity contribution in [3.05, 3.63) is 0 Å². The molecule has 0 saturated carbocycles. The maximum atomic E-state index is 9.92. The first kappa shape index (κ1) is 15.9. The van der Waals surface area contributed by atoms with E-state index in [1.807, 2.05) is 0 Å². The van der Waals surface area contributed by atoms with E-state index in [2.05, 4.69) is 30.8 Å². The van der Waals surface area contributed by atoms with Gasteiger partial charge in [0.05, 0.1) is 12.7 Å². The standard InChI is InChI=1S/C14H30N2O2/c1-4-5-10-18-12-14(17)11-16(3)13-6-8-15(2)9-7-13/h13-14,17H,4-12H2,1-3H3. The van der Waals surface area contributed by atoms with Gasteiger partial charge in [-0.2, -0.15) is 0 Å². The minimum absolute atomic E-state index is 0.355. The molecule has 1 N–H and O–H groups in total. The highest BCUT2D eigenvalue weighted by Crippen LogP contribution is 2.14. The Kier molecular flexibility index (Phi) is 7.82. The van der Waals surface area contributed by atoms with Crippen LogP contribution in [0.5, 0.6) is 0 Å². The number of ether oxygens (including phenoxy) is 1. The van der Waals surface area contributed by atoms with Crippen molar-refractivity contribution in [2.45, 2.75) is 44.8 Å². The monoisotopic (exact) mass is 258 g/mol. The molecule has 0 aromatic heterocycles. The summed E-state index contributed by atoms with van der Waals surface area (Å²) in [6.07, 6.45) is 4.28. The maximum Gasteiger partial charge on any atom is 0.0900 e. The van der Waals surface area contributed by atoms with Gasteiger partial charge >= 0.3 is 0 Å². The van der Waals surface area contributed by atoms with Gasteiger partial charge in [-0.15, -0.1) is 0 Å². The summed E-state index contributed by atoms with van der Waals surface area (Å²) in [5, 5.41) is 9.92. The van der Waals surface area contributed by atoms with Crippen molar-refractivity contribution in [2.24, 2.45) is 0 Å². The molecule has 0 bridgehead atoms. The zero-order valence-electron chi connectivity index (χ0n) is 12.3. The zero-order chi connectivity index (χ0) is 13.4. The molecule has 1 fully saturated rings. The molecule has 0 aromatic carbocycles. The van der Waals surface area contributed by atoms with Gasteiger partial charge in [-0.05, 0) is 46.4 Å². The van der Waals surface area contributed by atoms with E-state index in [0.29, 0.717) is 12.6 Å². The van der Waals surface area contributed by atoms with Crippen LogP contribution in [-0.4, -0.2) is 74.0 Å². The predicted octanol–water partition coefficient (Wildman–Crippen LogP) is 1.19. The quantitative estimate of drug-likeness (QED) is 0.664. The van der Waals surface area contributed by atoms with Crippen molar-refractivity contribution in [3.63, 3.8) is 0 Å². The molecule has 1 aliphatic heterocycles. The molecule has 0 spiro atoms. The second kappa shape index (κ2) is 8.86. The van der Waals surface area contributed by atoms with E-state index in [1.54, 1.807) is 0 Å². The Hall–Kier alpha value is -0.160. The van der Waals surface area contributed by atoms with Crippen LogP contribution in [0.25, 0.3) is 0 Å². The summed E-state index contributed by atoms with van der Waals surface area (Å²) < 4.78 is 5.46. The minimum Gasteiger partial charge on any atom is -0.389 e. The number of hydrogen-bond donors (Lipinski definition) is 1. The molecule has 0 aromatic rings. The van der Waals surface area contributed by atoms with Gasteiger partial charge in [0, 0.05) is 19.2 Å². The number of hydrogen-bond acceptors (Lipinski definition) is 4. The van der Waals surface area contributed by atoms with E-state index in [9.17, 15) is 5.11 Å². The van der Waals surface area contributed by atoms with Crippen molar-refractivity contribution < 1.29 is 9.84 Å². The van der Waals surface area contributed by atoms with Crippen molar-refractivity contribution in [3.8, 4) is 0 Å². The fourth-order valence-corrected chi connectivity index (χ4v) is 2.44. The van der Waals surface area contributed by atoms with Crippen molar-refractivity contribution in [1.29, 1.82) is 0 Å². The Morgan fingerprint density at radius 3 is 2.67 bits per heavy atom. The van der Waals surface area contributed by atoms with Crippen LogP contribution in [0.1, 0.15) is 32.6 Å². The van der Waals surface area contributed by atoms with E-state index in [4.69, 9.17) is 4.74 Å². The van der Waals surface area contributed by atoms with Crippen LogP contribution in [0.15, 0.2) is 0 Å². The van der Waals surface area contributed by atoms with Crippen LogP contribution in [0.4, 0.5) is 0 Å². The Balaban J connectivity index is 2.12. The highest BCUT2D eigenvalue weighted by molar-refractivity contribution is 4.78. The second-order valence-corrected chi connectivity index (χ2v) is 5.56. The van der Waals surface area contributed by atoms with E-state index >= 15 is 0 Å². The summed E-state index contributed by atoms with van der Waals surface area (Å²) in [7, 11) is 4.29. The Morgan fingerprint density at radius 2 is 2.06 bits per heavy atom. The van der Waals surface area contributed by atoms with Gasteiger partial charge < -0.3 is 19.6 Å². The van der Waals surface area contributed by atoms with Crippen molar-refractivity contribution >= 4 is 0 Å². The van der Waals surface area contributed by atoms with Gasteiger partial charge in [0.1, 0.15) is 0 Å². The minimum atomic E-state index is -0.355. The third kappa shape index (κ3) is 6.14. The molecule has 4 nitrogen and oxygen atoms in total. The number of unbranched alkanes of at least 4 members (excludes halogenated alkanes) is 1. The number of likely N-dealkylation sites (N-methyl/N-ethyl adjacent to an activating group) is 1.